The molecule has 30 heavy (non-hydrogen) atoms. The molecule has 1 aromatic heterocycles. The van der Waals surface area contributed by atoms with Gasteiger partial charge in [-0.05, 0) is 33.6 Å². The summed E-state index contributed by atoms with van der Waals surface area (Å²) in [5.41, 5.74) is -0.525. The summed E-state index contributed by atoms with van der Waals surface area (Å²) in [7, 11) is 0. The lowest BCUT2D eigenvalue weighted by Crippen LogP contribution is -2.44. The fraction of sp³-hybridized carbons (Fsp3) is 0.700. The maximum Gasteiger partial charge on any atom is 0.410 e. The van der Waals surface area contributed by atoms with Crippen LogP contribution in [0.3, 0.4) is 0 Å². The Hall–Kier alpha value is -2.13. The van der Waals surface area contributed by atoms with Gasteiger partial charge in [-0.25, -0.2) is 14.8 Å². The van der Waals surface area contributed by atoms with Crippen molar-refractivity contribution in [3.63, 3.8) is 0 Å². The molecule has 0 aromatic carbocycles. The zero-order valence-electron chi connectivity index (χ0n) is 17.8. The van der Waals surface area contributed by atoms with Crippen molar-refractivity contribution < 1.29 is 19.1 Å². The molecule has 1 aromatic rings. The molecule has 0 radical (unpaired) electrons. The molecule has 2 amide bonds. The van der Waals surface area contributed by atoms with Gasteiger partial charge in [-0.2, -0.15) is 0 Å². The molecule has 0 atom stereocenters. The first-order valence-corrected chi connectivity index (χ1v) is 10.7. The van der Waals surface area contributed by atoms with Crippen molar-refractivity contribution in [1.29, 1.82) is 0 Å². The molecule has 2 fully saturated rings. The highest BCUT2D eigenvalue weighted by atomic mass is 35.5. The molecule has 166 valence electrons. The Morgan fingerprint density at radius 1 is 1.20 bits per heavy atom. The number of carbonyl (C=O) groups is 2. The fourth-order valence-corrected chi connectivity index (χ4v) is 3.64. The van der Waals surface area contributed by atoms with E-state index in [1.807, 2.05) is 20.8 Å². The van der Waals surface area contributed by atoms with Crippen LogP contribution in [-0.4, -0.2) is 71.9 Å². The molecule has 9 nitrogen and oxygen atoms in total. The lowest BCUT2D eigenvalue weighted by Gasteiger charge is -2.32. The highest BCUT2D eigenvalue weighted by Crippen LogP contribution is 2.21. The Morgan fingerprint density at radius 2 is 1.87 bits per heavy atom. The van der Waals surface area contributed by atoms with Crippen LogP contribution >= 0.6 is 11.6 Å². The van der Waals surface area contributed by atoms with Crippen molar-refractivity contribution in [3.8, 4) is 0 Å². The van der Waals surface area contributed by atoms with E-state index in [-0.39, 0.29) is 24.5 Å². The number of nitrogens with zero attached hydrogens (tertiary/aromatic N) is 4. The third-order valence-corrected chi connectivity index (χ3v) is 5.19. The molecule has 10 heteroatoms. The number of anilines is 1. The van der Waals surface area contributed by atoms with Gasteiger partial charge < -0.3 is 24.6 Å². The van der Waals surface area contributed by atoms with E-state index >= 15 is 0 Å². The molecule has 2 aliphatic rings. The number of nitrogens with one attached hydrogen (secondary N) is 1. The molecule has 3 rings (SSSR count). The van der Waals surface area contributed by atoms with E-state index in [9.17, 15) is 9.59 Å². The van der Waals surface area contributed by atoms with E-state index in [0.717, 1.165) is 18.9 Å². The SMILES string of the molecule is CC(C)(C)OC(=O)N1CCC(C(=O)NCc2nc(Cl)cc(N3CCOCC3)n2)CC1. The normalized spacial score (nSPS) is 18.3. The molecule has 0 bridgehead atoms. The van der Waals surface area contributed by atoms with E-state index in [0.29, 0.717) is 50.1 Å². The molecular formula is C20H30ClN5O4. The van der Waals surface area contributed by atoms with Crippen LogP contribution < -0.4 is 10.2 Å². The lowest BCUT2D eigenvalue weighted by atomic mass is 9.96. The van der Waals surface area contributed by atoms with Crippen molar-refractivity contribution in [2.45, 2.75) is 45.8 Å². The van der Waals surface area contributed by atoms with Gasteiger partial charge in [0.2, 0.25) is 5.91 Å². The predicted molar refractivity (Wildman–Crippen MR) is 112 cm³/mol. The average Bonchev–Trinajstić information content (AvgIpc) is 2.71. The van der Waals surface area contributed by atoms with Gasteiger partial charge >= 0.3 is 6.09 Å². The fourth-order valence-electron chi connectivity index (χ4n) is 3.45. The van der Waals surface area contributed by atoms with Gasteiger partial charge in [-0.3, -0.25) is 4.79 Å². The predicted octanol–water partition coefficient (Wildman–Crippen LogP) is 2.23. The summed E-state index contributed by atoms with van der Waals surface area (Å²) in [5.74, 6) is 1.01. The molecule has 0 saturated carbocycles. The molecule has 0 aliphatic carbocycles. The van der Waals surface area contributed by atoms with Gasteiger partial charge in [0, 0.05) is 38.2 Å². The number of halogens is 1. The monoisotopic (exact) mass is 439 g/mol. The van der Waals surface area contributed by atoms with Gasteiger partial charge in [0.1, 0.15) is 16.6 Å². The molecule has 0 unspecified atom stereocenters. The van der Waals surface area contributed by atoms with Gasteiger partial charge in [-0.1, -0.05) is 11.6 Å². The van der Waals surface area contributed by atoms with Crippen LogP contribution in [0.25, 0.3) is 0 Å². The van der Waals surface area contributed by atoms with E-state index in [2.05, 4.69) is 20.2 Å². The number of amides is 2. The highest BCUT2D eigenvalue weighted by Gasteiger charge is 2.30. The highest BCUT2D eigenvalue weighted by molar-refractivity contribution is 6.29. The number of aromatic nitrogens is 2. The standard InChI is InChI=1S/C20H30ClN5O4/c1-20(2,3)30-19(28)26-6-4-14(5-7-26)18(27)22-13-16-23-15(21)12-17(24-16)25-8-10-29-11-9-25/h12,14H,4-11,13H2,1-3H3,(H,22,27). The minimum absolute atomic E-state index is 0.0599. The van der Waals surface area contributed by atoms with Crippen molar-refractivity contribution in [2.75, 3.05) is 44.3 Å². The number of morpholine rings is 1. The second kappa shape index (κ2) is 9.78. The molecule has 0 spiro atoms. The molecule has 3 heterocycles. The quantitative estimate of drug-likeness (QED) is 0.718. The Bertz CT molecular complexity index is 756. The third-order valence-electron chi connectivity index (χ3n) is 5.00. The van der Waals surface area contributed by atoms with Crippen molar-refractivity contribution in [2.24, 2.45) is 5.92 Å². The zero-order chi connectivity index (χ0) is 21.7. The van der Waals surface area contributed by atoms with Crippen LogP contribution in [0.2, 0.25) is 5.15 Å². The van der Waals surface area contributed by atoms with Crippen LogP contribution in [0.1, 0.15) is 39.4 Å². The third kappa shape index (κ3) is 6.43. The van der Waals surface area contributed by atoms with Crippen molar-refractivity contribution in [3.05, 3.63) is 17.0 Å². The smallest absolute Gasteiger partial charge is 0.410 e. The van der Waals surface area contributed by atoms with E-state index in [1.165, 1.54) is 0 Å². The first-order valence-electron chi connectivity index (χ1n) is 10.3. The zero-order valence-corrected chi connectivity index (χ0v) is 18.6. The summed E-state index contributed by atoms with van der Waals surface area (Å²) in [4.78, 5) is 37.3. The summed E-state index contributed by atoms with van der Waals surface area (Å²) < 4.78 is 10.8. The summed E-state index contributed by atoms with van der Waals surface area (Å²) in [6.07, 6.45) is 0.866. The molecule has 1 N–H and O–H groups in total. The van der Waals surface area contributed by atoms with Crippen molar-refractivity contribution >= 4 is 29.4 Å². The maximum absolute atomic E-state index is 12.6. The largest absolute Gasteiger partial charge is 0.444 e. The Labute approximate surface area is 182 Å². The topological polar surface area (TPSA) is 96.9 Å². The Kier molecular flexibility index (Phi) is 7.36. The van der Waals surface area contributed by atoms with Crippen LogP contribution in [0, 0.1) is 5.92 Å². The number of piperidine rings is 1. The summed E-state index contributed by atoms with van der Waals surface area (Å²) in [5, 5.41) is 3.26. The average molecular weight is 440 g/mol. The van der Waals surface area contributed by atoms with Gasteiger partial charge in [0.15, 0.2) is 5.82 Å². The first-order chi connectivity index (χ1) is 14.2. The number of carbonyl (C=O) groups excluding carboxylic acids is 2. The molecular weight excluding hydrogens is 410 g/mol. The van der Waals surface area contributed by atoms with E-state index < -0.39 is 5.60 Å². The van der Waals surface area contributed by atoms with Crippen LogP contribution in [0.4, 0.5) is 10.6 Å². The summed E-state index contributed by atoms with van der Waals surface area (Å²) >= 11 is 6.15. The summed E-state index contributed by atoms with van der Waals surface area (Å²) in [6, 6.07) is 1.73. The van der Waals surface area contributed by atoms with Crippen LogP contribution in [-0.2, 0) is 20.8 Å². The number of hydrogen-bond donors (Lipinski definition) is 1. The van der Waals surface area contributed by atoms with E-state index in [1.54, 1.807) is 11.0 Å². The van der Waals surface area contributed by atoms with Gasteiger partial charge in [-0.15, -0.1) is 0 Å². The molecule has 2 aliphatic heterocycles. The Morgan fingerprint density at radius 3 is 2.50 bits per heavy atom. The van der Waals surface area contributed by atoms with Crippen LogP contribution in [0.15, 0.2) is 6.07 Å². The van der Waals surface area contributed by atoms with Crippen molar-refractivity contribution in [1.82, 2.24) is 20.2 Å². The maximum atomic E-state index is 12.6. The van der Waals surface area contributed by atoms with E-state index in [4.69, 9.17) is 21.1 Å². The number of rotatable bonds is 4. The second-order valence-electron chi connectivity index (χ2n) is 8.52. The number of likely N-dealkylation sites (tertiary alicyclic amines) is 1. The van der Waals surface area contributed by atoms with Crippen LogP contribution in [0.5, 0.6) is 0 Å². The first kappa shape index (κ1) is 22.6. The molecule has 2 saturated heterocycles. The minimum Gasteiger partial charge on any atom is -0.444 e. The second-order valence-corrected chi connectivity index (χ2v) is 8.91. The number of hydrogen-bond acceptors (Lipinski definition) is 7. The Balaban J connectivity index is 1.49. The number of ether oxygens (including phenoxy) is 2. The summed E-state index contributed by atoms with van der Waals surface area (Å²) in [6.45, 7) is 9.53. The van der Waals surface area contributed by atoms with Gasteiger partial charge in [0.25, 0.3) is 0 Å². The minimum atomic E-state index is -0.525. The van der Waals surface area contributed by atoms with Gasteiger partial charge in [0.05, 0.1) is 19.8 Å². The lowest BCUT2D eigenvalue weighted by molar-refractivity contribution is -0.126.